The summed E-state index contributed by atoms with van der Waals surface area (Å²) in [5.41, 5.74) is 1.04. The van der Waals surface area contributed by atoms with Crippen LogP contribution in [0.1, 0.15) is 58.6 Å². The molecule has 0 N–H and O–H groups in total. The van der Waals surface area contributed by atoms with Crippen molar-refractivity contribution in [3.05, 3.63) is 35.4 Å². The second-order valence-corrected chi connectivity index (χ2v) is 8.63. The Labute approximate surface area is 168 Å². The van der Waals surface area contributed by atoms with E-state index in [2.05, 4.69) is 6.07 Å². The van der Waals surface area contributed by atoms with Crippen molar-refractivity contribution in [3.8, 4) is 6.07 Å². The van der Waals surface area contributed by atoms with Gasteiger partial charge in [0.15, 0.2) is 0 Å². The first kappa shape index (κ1) is 21.7. The summed E-state index contributed by atoms with van der Waals surface area (Å²) in [6.07, 6.45) is 1.21. The highest BCUT2D eigenvalue weighted by Gasteiger charge is 2.33. The summed E-state index contributed by atoms with van der Waals surface area (Å²) in [6, 6.07) is 9.45. The van der Waals surface area contributed by atoms with Crippen LogP contribution in [0, 0.1) is 17.2 Å². The summed E-state index contributed by atoms with van der Waals surface area (Å²) in [6.45, 7) is 11.0. The van der Waals surface area contributed by atoms with Crippen LogP contribution in [-0.4, -0.2) is 46.5 Å². The Hall–Kier alpha value is -2.55. The molecule has 0 saturated carbocycles. The minimum absolute atomic E-state index is 0.0417. The molecule has 28 heavy (non-hydrogen) atoms. The predicted molar refractivity (Wildman–Crippen MR) is 107 cm³/mol. The maximum atomic E-state index is 13.2. The molecule has 1 aromatic rings. The summed E-state index contributed by atoms with van der Waals surface area (Å²) in [5.74, 6) is -0.158. The van der Waals surface area contributed by atoms with E-state index in [1.807, 2.05) is 51.7 Å². The number of benzene rings is 1. The lowest BCUT2D eigenvalue weighted by atomic mass is 9.96. The molecule has 0 aliphatic carbocycles. The molecule has 0 bridgehead atoms. The molecule has 1 saturated heterocycles. The molecule has 0 radical (unpaired) electrons. The number of amides is 2. The van der Waals surface area contributed by atoms with Crippen LogP contribution in [0.2, 0.25) is 0 Å². The number of carbonyl (C=O) groups is 2. The van der Waals surface area contributed by atoms with Gasteiger partial charge in [-0.15, -0.1) is 0 Å². The third kappa shape index (κ3) is 5.98. The second-order valence-electron chi connectivity index (χ2n) is 8.63. The number of hydrogen-bond donors (Lipinski definition) is 0. The molecule has 1 aromatic carbocycles. The molecular formula is C22H31N3O3. The van der Waals surface area contributed by atoms with Crippen molar-refractivity contribution in [2.24, 2.45) is 5.92 Å². The first-order chi connectivity index (χ1) is 13.1. The van der Waals surface area contributed by atoms with E-state index in [1.54, 1.807) is 17.0 Å². The molecule has 0 spiro atoms. The first-order valence-corrected chi connectivity index (χ1v) is 9.88. The van der Waals surface area contributed by atoms with Gasteiger partial charge in [-0.25, -0.2) is 4.79 Å². The number of ether oxygens (including phenoxy) is 1. The Bertz CT molecular complexity index is 729. The summed E-state index contributed by atoms with van der Waals surface area (Å²) in [5, 5.41) is 8.94. The minimum atomic E-state index is -0.548. The zero-order valence-corrected chi connectivity index (χ0v) is 17.6. The quantitative estimate of drug-likeness (QED) is 0.787. The molecule has 2 rings (SSSR count). The van der Waals surface area contributed by atoms with Crippen molar-refractivity contribution in [3.63, 3.8) is 0 Å². The van der Waals surface area contributed by atoms with Crippen LogP contribution in [0.25, 0.3) is 0 Å². The van der Waals surface area contributed by atoms with Gasteiger partial charge in [0, 0.05) is 25.7 Å². The van der Waals surface area contributed by atoms with Crippen molar-refractivity contribution in [2.75, 3.05) is 13.1 Å². The average Bonchev–Trinajstić information content (AvgIpc) is 2.64. The molecule has 1 atom stereocenters. The van der Waals surface area contributed by atoms with Gasteiger partial charge in [0.05, 0.1) is 17.6 Å². The molecule has 152 valence electrons. The average molecular weight is 386 g/mol. The molecule has 1 heterocycles. The van der Waals surface area contributed by atoms with Gasteiger partial charge in [-0.2, -0.15) is 5.26 Å². The Morgan fingerprint density at radius 1 is 1.29 bits per heavy atom. The van der Waals surface area contributed by atoms with Crippen molar-refractivity contribution in [2.45, 2.75) is 65.6 Å². The topological polar surface area (TPSA) is 73.6 Å². The number of carbonyl (C=O) groups excluding carboxylic acids is 2. The largest absolute Gasteiger partial charge is 0.444 e. The highest BCUT2D eigenvalue weighted by atomic mass is 16.6. The van der Waals surface area contributed by atoms with Crippen molar-refractivity contribution >= 4 is 12.0 Å². The Balaban J connectivity index is 2.07. The Kier molecular flexibility index (Phi) is 7.06. The number of rotatable bonds is 4. The van der Waals surface area contributed by atoms with Crippen LogP contribution in [0.3, 0.4) is 0 Å². The van der Waals surface area contributed by atoms with Gasteiger partial charge < -0.3 is 14.5 Å². The molecule has 0 aromatic heterocycles. The number of nitriles is 1. The van der Waals surface area contributed by atoms with E-state index in [4.69, 9.17) is 10.00 Å². The number of nitrogens with zero attached hydrogens (tertiary/aromatic N) is 3. The first-order valence-electron chi connectivity index (χ1n) is 9.88. The fourth-order valence-corrected chi connectivity index (χ4v) is 3.30. The van der Waals surface area contributed by atoms with Gasteiger partial charge in [-0.3, -0.25) is 4.79 Å². The molecule has 6 nitrogen and oxygen atoms in total. The van der Waals surface area contributed by atoms with Gasteiger partial charge >= 0.3 is 6.09 Å². The van der Waals surface area contributed by atoms with Gasteiger partial charge in [0.25, 0.3) is 0 Å². The highest BCUT2D eigenvalue weighted by Crippen LogP contribution is 2.23. The van der Waals surface area contributed by atoms with Gasteiger partial charge in [-0.1, -0.05) is 12.1 Å². The number of hydrogen-bond acceptors (Lipinski definition) is 4. The lowest BCUT2D eigenvalue weighted by molar-refractivity contribution is -0.139. The predicted octanol–water partition coefficient (Wildman–Crippen LogP) is 3.94. The van der Waals surface area contributed by atoms with E-state index in [0.29, 0.717) is 25.2 Å². The Morgan fingerprint density at radius 3 is 2.46 bits per heavy atom. The molecule has 1 fully saturated rings. The fraction of sp³-hybridized carbons (Fsp3) is 0.591. The molecule has 2 amide bonds. The van der Waals surface area contributed by atoms with E-state index < -0.39 is 5.60 Å². The third-order valence-corrected chi connectivity index (χ3v) is 4.76. The van der Waals surface area contributed by atoms with Crippen LogP contribution in [0.4, 0.5) is 4.79 Å². The number of piperidine rings is 1. The van der Waals surface area contributed by atoms with E-state index in [1.165, 1.54) is 0 Å². The minimum Gasteiger partial charge on any atom is -0.444 e. The third-order valence-electron chi connectivity index (χ3n) is 4.76. The van der Waals surface area contributed by atoms with Crippen LogP contribution in [0.15, 0.2) is 24.3 Å². The maximum Gasteiger partial charge on any atom is 0.410 e. The standard InChI is InChI=1S/C22H31N3O3/c1-16(2)25(14-18-10-8-17(13-23)9-11-18)20(26)19-7-6-12-24(15-19)21(27)28-22(3,4)5/h8-11,16,19H,6-7,12,14-15H2,1-5H3/t19-/m1/s1. The fourth-order valence-electron chi connectivity index (χ4n) is 3.30. The highest BCUT2D eigenvalue weighted by molar-refractivity contribution is 5.80. The molecular weight excluding hydrogens is 354 g/mol. The maximum absolute atomic E-state index is 13.2. The van der Waals surface area contributed by atoms with E-state index in [9.17, 15) is 9.59 Å². The van der Waals surface area contributed by atoms with Gasteiger partial charge in [0.2, 0.25) is 5.91 Å². The van der Waals surface area contributed by atoms with Gasteiger partial charge in [0.1, 0.15) is 5.60 Å². The van der Waals surface area contributed by atoms with Crippen LogP contribution >= 0.6 is 0 Å². The lowest BCUT2D eigenvalue weighted by Crippen LogP contribution is -2.49. The smallest absolute Gasteiger partial charge is 0.410 e. The molecule has 6 heteroatoms. The monoisotopic (exact) mass is 385 g/mol. The van der Waals surface area contributed by atoms with Crippen molar-refractivity contribution < 1.29 is 14.3 Å². The molecule has 1 aliphatic heterocycles. The zero-order chi connectivity index (χ0) is 20.9. The van der Waals surface area contributed by atoms with Crippen molar-refractivity contribution in [1.29, 1.82) is 5.26 Å². The zero-order valence-electron chi connectivity index (χ0n) is 17.6. The van der Waals surface area contributed by atoms with Crippen molar-refractivity contribution in [1.82, 2.24) is 9.80 Å². The summed E-state index contributed by atoms with van der Waals surface area (Å²) >= 11 is 0. The summed E-state index contributed by atoms with van der Waals surface area (Å²) in [4.78, 5) is 29.1. The SMILES string of the molecule is CC(C)N(Cc1ccc(C#N)cc1)C(=O)[C@@H]1CCCN(C(=O)OC(C)(C)C)C1. The van der Waals surface area contributed by atoms with Gasteiger partial charge in [-0.05, 0) is 65.2 Å². The van der Waals surface area contributed by atoms with E-state index >= 15 is 0 Å². The molecule has 1 aliphatic rings. The summed E-state index contributed by atoms with van der Waals surface area (Å²) in [7, 11) is 0. The lowest BCUT2D eigenvalue weighted by Gasteiger charge is -2.37. The second kappa shape index (κ2) is 9.09. The molecule has 0 unspecified atom stereocenters. The van der Waals surface area contributed by atoms with E-state index in [0.717, 1.165) is 18.4 Å². The summed E-state index contributed by atoms with van der Waals surface area (Å²) < 4.78 is 5.47. The van der Waals surface area contributed by atoms with Crippen LogP contribution < -0.4 is 0 Å². The van der Waals surface area contributed by atoms with Crippen LogP contribution in [0.5, 0.6) is 0 Å². The van der Waals surface area contributed by atoms with Crippen LogP contribution in [-0.2, 0) is 16.1 Å². The van der Waals surface area contributed by atoms with E-state index in [-0.39, 0.29) is 24.0 Å². The number of likely N-dealkylation sites (tertiary alicyclic amines) is 1. The normalized spacial score (nSPS) is 17.2. The Morgan fingerprint density at radius 2 is 1.93 bits per heavy atom.